The van der Waals surface area contributed by atoms with Crippen LogP contribution in [-0.2, 0) is 19.0 Å². The van der Waals surface area contributed by atoms with Crippen molar-refractivity contribution in [3.05, 3.63) is 25.3 Å². The quantitative estimate of drug-likeness (QED) is 0.334. The van der Waals surface area contributed by atoms with Crippen LogP contribution in [0.5, 0.6) is 0 Å². The Morgan fingerprint density at radius 1 is 1.21 bits per heavy atom. The summed E-state index contributed by atoms with van der Waals surface area (Å²) < 4.78 is 30.2. The summed E-state index contributed by atoms with van der Waals surface area (Å²) in [6.07, 6.45) is 2.33. The lowest BCUT2D eigenvalue weighted by Gasteiger charge is -2.31. The van der Waals surface area contributed by atoms with Gasteiger partial charge in [-0.2, -0.15) is 0 Å². The van der Waals surface area contributed by atoms with Crippen molar-refractivity contribution in [1.82, 2.24) is 5.32 Å². The van der Waals surface area contributed by atoms with Crippen LogP contribution in [0.25, 0.3) is 0 Å². The van der Waals surface area contributed by atoms with Gasteiger partial charge in [-0.3, -0.25) is 5.32 Å². The zero-order valence-corrected chi connectivity index (χ0v) is 14.7. The van der Waals surface area contributed by atoms with Crippen LogP contribution in [-0.4, -0.2) is 43.8 Å². The van der Waals surface area contributed by atoms with Gasteiger partial charge < -0.3 is 14.2 Å². The number of hydrogen-bond acceptors (Lipinski definition) is 5. The van der Waals surface area contributed by atoms with E-state index >= 15 is 4.39 Å². The van der Waals surface area contributed by atoms with Gasteiger partial charge in [0.2, 0.25) is 0 Å². The summed E-state index contributed by atoms with van der Waals surface area (Å²) in [6.45, 7) is 12.3. The molecule has 3 atom stereocenters. The summed E-state index contributed by atoms with van der Waals surface area (Å²) in [5.74, 6) is -4.82. The minimum absolute atomic E-state index is 0.103. The Labute approximate surface area is 143 Å². The predicted octanol–water partition coefficient (Wildman–Crippen LogP) is 3.13. The van der Waals surface area contributed by atoms with E-state index in [9.17, 15) is 9.59 Å². The number of esters is 1. The fourth-order valence-corrected chi connectivity index (χ4v) is 1.98. The Morgan fingerprint density at radius 3 is 2.33 bits per heavy atom. The van der Waals surface area contributed by atoms with Gasteiger partial charge in [-0.05, 0) is 19.8 Å². The Morgan fingerprint density at radius 2 is 1.79 bits per heavy atom. The van der Waals surface area contributed by atoms with E-state index in [1.165, 1.54) is 19.1 Å². The second kappa shape index (κ2) is 11.6. The summed E-state index contributed by atoms with van der Waals surface area (Å²) in [5.41, 5.74) is 0. The number of carbonyl (C=O) groups excluding carboxylic acids is 2. The molecule has 0 aromatic heterocycles. The largest absolute Gasteiger partial charge is 0.458 e. The molecule has 0 aliphatic rings. The highest BCUT2D eigenvalue weighted by Crippen LogP contribution is 2.27. The van der Waals surface area contributed by atoms with Crippen molar-refractivity contribution >= 4 is 12.1 Å². The van der Waals surface area contributed by atoms with Gasteiger partial charge in [-0.1, -0.05) is 39.2 Å². The fraction of sp³-hybridized carbons (Fsp3) is 0.647. The van der Waals surface area contributed by atoms with Crippen molar-refractivity contribution < 1.29 is 28.2 Å². The zero-order valence-electron chi connectivity index (χ0n) is 14.7. The van der Waals surface area contributed by atoms with Crippen LogP contribution in [0.2, 0.25) is 0 Å². The van der Waals surface area contributed by atoms with Gasteiger partial charge in [0, 0.05) is 12.5 Å². The monoisotopic (exact) mass is 345 g/mol. The van der Waals surface area contributed by atoms with E-state index in [1.807, 2.05) is 12.2 Å². The van der Waals surface area contributed by atoms with E-state index in [-0.39, 0.29) is 25.7 Å². The van der Waals surface area contributed by atoms with Crippen LogP contribution >= 0.6 is 0 Å². The Balaban J connectivity index is 5.06. The first-order chi connectivity index (χ1) is 11.3. The summed E-state index contributed by atoms with van der Waals surface area (Å²) in [7, 11) is 0. The molecule has 0 radical (unpaired) electrons. The molecule has 1 unspecified atom stereocenters. The molecule has 0 fully saturated rings. The number of alkyl halides is 1. The van der Waals surface area contributed by atoms with Crippen LogP contribution < -0.4 is 5.32 Å². The van der Waals surface area contributed by atoms with Crippen molar-refractivity contribution in [2.45, 2.75) is 45.5 Å². The molecule has 0 saturated heterocycles. The fourth-order valence-electron chi connectivity index (χ4n) is 1.98. The number of hydrogen-bond donors (Lipinski definition) is 1. The van der Waals surface area contributed by atoms with Crippen molar-refractivity contribution in [3.63, 3.8) is 0 Å². The normalized spacial score (nSPS) is 15.5. The van der Waals surface area contributed by atoms with Gasteiger partial charge in [-0.25, -0.2) is 14.0 Å². The molecular weight excluding hydrogens is 317 g/mol. The first kappa shape index (κ1) is 22.1. The number of halogens is 1. The summed E-state index contributed by atoms with van der Waals surface area (Å²) >= 11 is 0. The zero-order chi connectivity index (χ0) is 18.6. The third-order valence-corrected chi connectivity index (χ3v) is 3.22. The number of alkyl carbamates (subject to hydrolysis) is 1. The predicted molar refractivity (Wildman–Crippen MR) is 89.2 cm³/mol. The summed E-state index contributed by atoms with van der Waals surface area (Å²) in [5, 5.41) is 1.96. The lowest BCUT2D eigenvalue weighted by atomic mass is 9.93. The molecule has 0 heterocycles. The molecule has 0 saturated carbocycles. The van der Waals surface area contributed by atoms with Crippen molar-refractivity contribution in [2.75, 3.05) is 19.8 Å². The Bertz CT molecular complexity index is 429. The van der Waals surface area contributed by atoms with Gasteiger partial charge in [0.1, 0.15) is 13.2 Å². The van der Waals surface area contributed by atoms with E-state index in [0.717, 1.165) is 6.42 Å². The van der Waals surface area contributed by atoms with Crippen LogP contribution in [0, 0.1) is 5.92 Å². The molecule has 1 N–H and O–H groups in total. The van der Waals surface area contributed by atoms with E-state index in [4.69, 9.17) is 14.2 Å². The standard InChI is InChI=1S/C17H28FNO5/c1-6-9-22-14(5)12-13(4)17(18,15(20)23-10-7-2)19-16(21)24-11-8-3/h7-8,13-14H,2-3,6,9-12H2,1,4-5H3,(H,19,21)/t13?,14-,17+/m0/s1. The maximum absolute atomic E-state index is 15.3. The SMILES string of the molecule is C=CCOC(=O)N[C@@](F)(C(=O)OCC=C)C(C)C[C@H](C)OCCC. The summed E-state index contributed by atoms with van der Waals surface area (Å²) in [4.78, 5) is 23.8. The van der Waals surface area contributed by atoms with Gasteiger partial charge in [0.05, 0.1) is 6.10 Å². The molecule has 0 aliphatic heterocycles. The molecule has 0 aromatic rings. The first-order valence-electron chi connectivity index (χ1n) is 7.96. The number of nitrogens with one attached hydrogen (secondary N) is 1. The van der Waals surface area contributed by atoms with Gasteiger partial charge in [0.25, 0.3) is 5.79 Å². The lowest BCUT2D eigenvalue weighted by molar-refractivity contribution is -0.164. The van der Waals surface area contributed by atoms with Gasteiger partial charge >= 0.3 is 12.1 Å². The molecule has 0 rings (SSSR count). The minimum Gasteiger partial charge on any atom is -0.458 e. The van der Waals surface area contributed by atoms with Gasteiger partial charge in [-0.15, -0.1) is 0 Å². The third-order valence-electron chi connectivity index (χ3n) is 3.22. The molecule has 0 bridgehead atoms. The highest BCUT2D eigenvalue weighted by molar-refractivity contribution is 5.84. The molecule has 24 heavy (non-hydrogen) atoms. The van der Waals surface area contributed by atoms with E-state index in [1.54, 1.807) is 6.92 Å². The smallest absolute Gasteiger partial charge is 0.410 e. The molecule has 1 amide bonds. The number of carbonyl (C=O) groups is 2. The second-order valence-electron chi connectivity index (χ2n) is 5.43. The molecule has 138 valence electrons. The number of rotatable bonds is 12. The molecule has 7 heteroatoms. The maximum atomic E-state index is 15.3. The second-order valence-corrected chi connectivity index (χ2v) is 5.43. The van der Waals surface area contributed by atoms with Crippen molar-refractivity contribution in [1.29, 1.82) is 0 Å². The third kappa shape index (κ3) is 7.59. The highest BCUT2D eigenvalue weighted by atomic mass is 19.1. The Hall–Kier alpha value is -1.89. The molecular formula is C17H28FNO5. The highest BCUT2D eigenvalue weighted by Gasteiger charge is 2.48. The van der Waals surface area contributed by atoms with E-state index in [0.29, 0.717) is 6.61 Å². The topological polar surface area (TPSA) is 73.9 Å². The van der Waals surface area contributed by atoms with E-state index < -0.39 is 23.8 Å². The van der Waals surface area contributed by atoms with E-state index in [2.05, 4.69) is 13.2 Å². The summed E-state index contributed by atoms with van der Waals surface area (Å²) in [6, 6.07) is 0. The van der Waals surface area contributed by atoms with Crippen LogP contribution in [0.1, 0.15) is 33.6 Å². The lowest BCUT2D eigenvalue weighted by Crippen LogP contribution is -2.56. The van der Waals surface area contributed by atoms with Crippen LogP contribution in [0.4, 0.5) is 9.18 Å². The average Bonchev–Trinajstić information content (AvgIpc) is 2.55. The Kier molecular flexibility index (Phi) is 10.7. The van der Waals surface area contributed by atoms with Crippen LogP contribution in [0.3, 0.4) is 0 Å². The van der Waals surface area contributed by atoms with Crippen LogP contribution in [0.15, 0.2) is 25.3 Å². The van der Waals surface area contributed by atoms with Crippen molar-refractivity contribution in [2.24, 2.45) is 5.92 Å². The van der Waals surface area contributed by atoms with Gasteiger partial charge in [0.15, 0.2) is 0 Å². The van der Waals surface area contributed by atoms with Crippen molar-refractivity contribution in [3.8, 4) is 0 Å². The average molecular weight is 345 g/mol. The maximum Gasteiger partial charge on any atom is 0.410 e. The minimum atomic E-state index is -2.73. The number of amides is 1. The molecule has 0 spiro atoms. The molecule has 6 nitrogen and oxygen atoms in total. The molecule has 0 aliphatic carbocycles. The number of ether oxygens (including phenoxy) is 3. The molecule has 0 aromatic carbocycles. The first-order valence-corrected chi connectivity index (χ1v) is 7.96.